The molecule has 1 aromatic carbocycles. The molecule has 1 fully saturated rings. The van der Waals surface area contributed by atoms with Crippen LogP contribution in [0.25, 0.3) is 0 Å². The Morgan fingerprint density at radius 3 is 2.85 bits per heavy atom. The van der Waals surface area contributed by atoms with Crippen LogP contribution >= 0.6 is 0 Å². The summed E-state index contributed by atoms with van der Waals surface area (Å²) < 4.78 is 44.8. The Hall–Kier alpha value is -1.51. The number of carbonyl (C=O) groups is 1. The number of ether oxygens (including phenoxy) is 1. The van der Waals surface area contributed by atoms with Crippen LogP contribution in [0, 0.1) is 11.7 Å². The van der Waals surface area contributed by atoms with Crippen LogP contribution in [-0.4, -0.2) is 39.3 Å². The van der Waals surface area contributed by atoms with Gasteiger partial charge in [-0.3, -0.25) is 0 Å². The highest BCUT2D eigenvalue weighted by Gasteiger charge is 2.22. The zero-order valence-corrected chi connectivity index (χ0v) is 11.3. The quantitative estimate of drug-likeness (QED) is 0.841. The summed E-state index contributed by atoms with van der Waals surface area (Å²) in [6.07, 6.45) is 0.770. The van der Waals surface area contributed by atoms with Gasteiger partial charge in [0.05, 0.1) is 17.1 Å². The number of hydrogen-bond acceptors (Lipinski definition) is 4. The molecule has 0 saturated carbocycles. The fraction of sp³-hybridized carbons (Fsp3) is 0.417. The van der Waals surface area contributed by atoms with E-state index in [1.54, 1.807) is 0 Å². The molecule has 0 amide bonds. The van der Waals surface area contributed by atoms with E-state index in [0.29, 0.717) is 13.2 Å². The van der Waals surface area contributed by atoms with Crippen molar-refractivity contribution in [1.82, 2.24) is 4.72 Å². The molecule has 0 radical (unpaired) electrons. The molecule has 6 nitrogen and oxygen atoms in total. The third-order valence-electron chi connectivity index (χ3n) is 3.06. The molecule has 0 spiro atoms. The maximum Gasteiger partial charge on any atom is 0.338 e. The second kappa shape index (κ2) is 5.86. The van der Waals surface area contributed by atoms with Crippen LogP contribution in [0.3, 0.4) is 0 Å². The maximum absolute atomic E-state index is 13.2. The van der Waals surface area contributed by atoms with Gasteiger partial charge in [0, 0.05) is 13.2 Å². The summed E-state index contributed by atoms with van der Waals surface area (Å²) in [4.78, 5) is 10.5. The summed E-state index contributed by atoms with van der Waals surface area (Å²) in [5.74, 6) is -2.38. The Labute approximate surface area is 115 Å². The smallest absolute Gasteiger partial charge is 0.338 e. The average molecular weight is 303 g/mol. The van der Waals surface area contributed by atoms with E-state index in [0.717, 1.165) is 24.6 Å². The Balaban J connectivity index is 2.16. The molecule has 1 unspecified atom stereocenters. The molecular formula is C12H14FNO5S. The Bertz CT molecular complexity index is 610. The number of aromatic carboxylic acids is 1. The summed E-state index contributed by atoms with van der Waals surface area (Å²) in [6, 6.07) is 2.68. The highest BCUT2D eigenvalue weighted by atomic mass is 32.2. The van der Waals surface area contributed by atoms with Crippen LogP contribution in [-0.2, 0) is 14.8 Å². The van der Waals surface area contributed by atoms with E-state index in [1.807, 2.05) is 0 Å². The van der Waals surface area contributed by atoms with Gasteiger partial charge in [-0.05, 0) is 30.5 Å². The molecule has 0 aliphatic carbocycles. The molecule has 1 aliphatic heterocycles. The zero-order valence-electron chi connectivity index (χ0n) is 10.5. The van der Waals surface area contributed by atoms with E-state index in [2.05, 4.69) is 4.72 Å². The number of halogens is 1. The van der Waals surface area contributed by atoms with E-state index in [4.69, 9.17) is 9.84 Å². The van der Waals surface area contributed by atoms with Gasteiger partial charge >= 0.3 is 5.97 Å². The van der Waals surface area contributed by atoms with Crippen molar-refractivity contribution in [3.8, 4) is 0 Å². The van der Waals surface area contributed by atoms with Gasteiger partial charge in [0.2, 0.25) is 10.0 Å². The Morgan fingerprint density at radius 1 is 1.50 bits per heavy atom. The molecule has 0 bridgehead atoms. The van der Waals surface area contributed by atoms with Crippen molar-refractivity contribution >= 4 is 16.0 Å². The first-order chi connectivity index (χ1) is 9.40. The minimum atomic E-state index is -3.86. The largest absolute Gasteiger partial charge is 0.478 e. The number of hydrogen-bond donors (Lipinski definition) is 2. The van der Waals surface area contributed by atoms with Crippen LogP contribution in [0.15, 0.2) is 23.1 Å². The molecule has 20 heavy (non-hydrogen) atoms. The molecule has 1 saturated heterocycles. The Morgan fingerprint density at radius 2 is 2.25 bits per heavy atom. The lowest BCUT2D eigenvalue weighted by molar-refractivity contribution is 0.0691. The first kappa shape index (κ1) is 14.9. The summed E-state index contributed by atoms with van der Waals surface area (Å²) in [5.41, 5.74) is -0.669. The maximum atomic E-state index is 13.2. The van der Waals surface area contributed by atoms with Crippen molar-refractivity contribution in [1.29, 1.82) is 0 Å². The highest BCUT2D eigenvalue weighted by Crippen LogP contribution is 2.16. The SMILES string of the molecule is O=C(O)c1cc(S(=O)(=O)NCC2CCOC2)ccc1F. The van der Waals surface area contributed by atoms with Crippen LogP contribution in [0.1, 0.15) is 16.8 Å². The first-order valence-electron chi connectivity index (χ1n) is 6.00. The van der Waals surface area contributed by atoms with Crippen LogP contribution in [0.4, 0.5) is 4.39 Å². The molecule has 2 rings (SSSR count). The molecule has 1 heterocycles. The van der Waals surface area contributed by atoms with Crippen LogP contribution in [0.2, 0.25) is 0 Å². The van der Waals surface area contributed by atoms with Crippen molar-refractivity contribution in [3.05, 3.63) is 29.6 Å². The van der Waals surface area contributed by atoms with E-state index in [-0.39, 0.29) is 17.4 Å². The minimum Gasteiger partial charge on any atom is -0.478 e. The lowest BCUT2D eigenvalue weighted by Gasteiger charge is -2.11. The van der Waals surface area contributed by atoms with Gasteiger partial charge in [-0.25, -0.2) is 22.3 Å². The van der Waals surface area contributed by atoms with E-state index in [9.17, 15) is 17.6 Å². The lowest BCUT2D eigenvalue weighted by atomic mass is 10.1. The first-order valence-corrected chi connectivity index (χ1v) is 7.49. The number of nitrogens with one attached hydrogen (secondary N) is 1. The van der Waals surface area contributed by atoms with Gasteiger partial charge in [-0.15, -0.1) is 0 Å². The highest BCUT2D eigenvalue weighted by molar-refractivity contribution is 7.89. The van der Waals surface area contributed by atoms with Crippen molar-refractivity contribution in [2.75, 3.05) is 19.8 Å². The molecule has 1 aromatic rings. The monoisotopic (exact) mass is 303 g/mol. The fourth-order valence-electron chi connectivity index (χ4n) is 1.89. The third-order valence-corrected chi connectivity index (χ3v) is 4.49. The number of benzene rings is 1. The number of carboxylic acid groups (broad SMARTS) is 1. The normalized spacial score (nSPS) is 19.1. The molecule has 2 N–H and O–H groups in total. The standard InChI is InChI=1S/C12H14FNO5S/c13-11-2-1-9(5-10(11)12(15)16)20(17,18)14-6-8-3-4-19-7-8/h1-2,5,8,14H,3-4,6-7H2,(H,15,16). The third kappa shape index (κ3) is 3.33. The van der Waals surface area contributed by atoms with Crippen molar-refractivity contribution in [2.24, 2.45) is 5.92 Å². The van der Waals surface area contributed by atoms with E-state index >= 15 is 0 Å². The Kier molecular flexibility index (Phi) is 4.36. The van der Waals surface area contributed by atoms with Gasteiger partial charge < -0.3 is 9.84 Å². The van der Waals surface area contributed by atoms with Crippen molar-refractivity contribution in [2.45, 2.75) is 11.3 Å². The predicted molar refractivity (Wildman–Crippen MR) is 67.5 cm³/mol. The summed E-state index contributed by atoms with van der Waals surface area (Å²) in [5, 5.41) is 8.79. The van der Waals surface area contributed by atoms with Gasteiger partial charge in [-0.2, -0.15) is 0 Å². The van der Waals surface area contributed by atoms with Crippen molar-refractivity contribution < 1.29 is 27.4 Å². The van der Waals surface area contributed by atoms with E-state index < -0.39 is 27.4 Å². The lowest BCUT2D eigenvalue weighted by Crippen LogP contribution is -2.29. The molecule has 0 aromatic heterocycles. The minimum absolute atomic E-state index is 0.101. The number of sulfonamides is 1. The van der Waals surface area contributed by atoms with Gasteiger partial charge in [0.25, 0.3) is 0 Å². The zero-order chi connectivity index (χ0) is 14.8. The molecule has 1 atom stereocenters. The van der Waals surface area contributed by atoms with E-state index in [1.165, 1.54) is 0 Å². The number of carboxylic acids is 1. The van der Waals surface area contributed by atoms with Gasteiger partial charge in [0.1, 0.15) is 5.82 Å². The predicted octanol–water partition coefficient (Wildman–Crippen LogP) is 0.839. The molecule has 110 valence electrons. The van der Waals surface area contributed by atoms with Gasteiger partial charge in [0.15, 0.2) is 0 Å². The molecule has 8 heteroatoms. The topological polar surface area (TPSA) is 92.7 Å². The summed E-state index contributed by atoms with van der Waals surface area (Å²) in [6.45, 7) is 1.31. The molecule has 1 aliphatic rings. The van der Waals surface area contributed by atoms with Crippen LogP contribution in [0.5, 0.6) is 0 Å². The second-order valence-electron chi connectivity index (χ2n) is 4.53. The fourth-order valence-corrected chi connectivity index (χ4v) is 3.03. The van der Waals surface area contributed by atoms with Gasteiger partial charge in [-0.1, -0.05) is 0 Å². The summed E-state index contributed by atoms with van der Waals surface area (Å²) >= 11 is 0. The van der Waals surface area contributed by atoms with Crippen LogP contribution < -0.4 is 4.72 Å². The molecular weight excluding hydrogens is 289 g/mol. The number of rotatable bonds is 5. The average Bonchev–Trinajstić information content (AvgIpc) is 2.89. The summed E-state index contributed by atoms with van der Waals surface area (Å²) in [7, 11) is -3.86. The second-order valence-corrected chi connectivity index (χ2v) is 6.30. The van der Waals surface area contributed by atoms with Crippen molar-refractivity contribution in [3.63, 3.8) is 0 Å².